The van der Waals surface area contributed by atoms with Gasteiger partial charge >= 0.3 is 23.9 Å². The van der Waals surface area contributed by atoms with Crippen LogP contribution in [0.4, 0.5) is 0 Å². The van der Waals surface area contributed by atoms with Crippen LogP contribution in [-0.4, -0.2) is 121 Å². The standard InChI is InChI=1S/C51H45NO15S/c1-3-68-51-36(52-43(53)33-26-16-17-27-34(33)44(52)54)38(37-35(61-51)28-60-49(65-37)32-24-14-7-15-25-32)66-50-42(64-47(57)31-22-12-6-13-23-31)40(63-46(56)30-20-10-5-11-21-30)39(41(67-50)48(58)59-2)62-45(55)29-18-8-4-9-19-29/h4-27,35-42,49-51H,3,28H2,1-2H3/t35-,36-,37-,38-,39+,40+,41+,42-,49?,50-,51+/m1/s1. The number of hydrogen-bond acceptors (Lipinski definition) is 16. The van der Waals surface area contributed by atoms with Crippen LogP contribution in [0.25, 0.3) is 0 Å². The van der Waals surface area contributed by atoms with Gasteiger partial charge in [0.25, 0.3) is 11.8 Å². The van der Waals surface area contributed by atoms with Crippen molar-refractivity contribution in [2.24, 2.45) is 0 Å². The molecule has 5 aromatic rings. The number of hydrogen-bond donors (Lipinski definition) is 0. The van der Waals surface area contributed by atoms with E-state index in [9.17, 15) is 28.8 Å². The van der Waals surface area contributed by atoms with Gasteiger partial charge in [0.2, 0.25) is 0 Å². The topological polar surface area (TPSA) is 189 Å². The SMILES string of the molecule is CCS[C@@H]1O[C@@H]2COC(c3ccccc3)O[C@H]2[C@H](O[C@@H]2O[C@H](C(=O)OC)[C@@H](OC(=O)c3ccccc3)[C@H](OC(=O)c3ccccc3)[C@H]2OC(=O)c2ccccc2)[C@H]1N1C(=O)c2ccccc2C1=O. The minimum absolute atomic E-state index is 0.0305. The number of fused-ring (bicyclic) bond motifs is 2. The first-order valence-corrected chi connectivity index (χ1v) is 22.9. The first-order chi connectivity index (χ1) is 33.1. The highest BCUT2D eigenvalue weighted by atomic mass is 32.2. The first-order valence-electron chi connectivity index (χ1n) is 21.9. The third kappa shape index (κ3) is 9.41. The normalized spacial score (nSPS) is 27.6. The molecular weight excluding hydrogens is 899 g/mol. The Morgan fingerprint density at radius 3 is 1.60 bits per heavy atom. The summed E-state index contributed by atoms with van der Waals surface area (Å²) in [7, 11) is 1.08. The highest BCUT2D eigenvalue weighted by Crippen LogP contribution is 2.44. The van der Waals surface area contributed by atoms with Crippen molar-refractivity contribution in [1.29, 1.82) is 0 Å². The van der Waals surface area contributed by atoms with E-state index >= 15 is 0 Å². The van der Waals surface area contributed by atoms with Crippen LogP contribution < -0.4 is 0 Å². The van der Waals surface area contributed by atoms with Gasteiger partial charge in [-0.1, -0.05) is 104 Å². The van der Waals surface area contributed by atoms with Gasteiger partial charge in [-0.05, 0) is 54.3 Å². The molecule has 0 aromatic heterocycles. The van der Waals surface area contributed by atoms with E-state index in [4.69, 9.17) is 42.6 Å². The van der Waals surface area contributed by atoms with Crippen LogP contribution in [0.1, 0.15) is 70.6 Å². The number of carbonyl (C=O) groups excluding carboxylic acids is 6. The van der Waals surface area contributed by atoms with Gasteiger partial charge in [-0.25, -0.2) is 19.2 Å². The molecule has 17 heteroatoms. The monoisotopic (exact) mass is 943 g/mol. The summed E-state index contributed by atoms with van der Waals surface area (Å²) in [5, 5.41) is 0. The summed E-state index contributed by atoms with van der Waals surface area (Å²) in [6.07, 6.45) is -13.8. The molecule has 350 valence electrons. The van der Waals surface area contributed by atoms with Crippen molar-refractivity contribution in [3.8, 4) is 0 Å². The molecule has 0 spiro atoms. The molecule has 4 heterocycles. The lowest BCUT2D eigenvalue weighted by molar-refractivity contribution is -0.354. The highest BCUT2D eigenvalue weighted by Gasteiger charge is 2.61. The van der Waals surface area contributed by atoms with Gasteiger partial charge in [0.15, 0.2) is 37.0 Å². The molecule has 0 aliphatic carbocycles. The maximum atomic E-state index is 14.5. The van der Waals surface area contributed by atoms with Crippen LogP contribution in [0.15, 0.2) is 146 Å². The van der Waals surface area contributed by atoms with Crippen LogP contribution in [0.3, 0.4) is 0 Å². The molecule has 2 amide bonds. The van der Waals surface area contributed by atoms with E-state index in [1.807, 2.05) is 13.0 Å². The molecule has 0 saturated carbocycles. The Hall–Kier alpha value is -6.73. The third-order valence-electron chi connectivity index (χ3n) is 11.8. The Balaban J connectivity index is 1.19. The van der Waals surface area contributed by atoms with E-state index in [0.717, 1.165) is 12.0 Å². The zero-order valence-corrected chi connectivity index (χ0v) is 37.4. The van der Waals surface area contributed by atoms with Crippen LogP contribution >= 0.6 is 11.8 Å². The van der Waals surface area contributed by atoms with Crippen molar-refractivity contribution in [2.75, 3.05) is 19.5 Å². The second kappa shape index (κ2) is 20.6. The largest absolute Gasteiger partial charge is 0.467 e. The fourth-order valence-electron chi connectivity index (χ4n) is 8.61. The van der Waals surface area contributed by atoms with Gasteiger partial charge in [0.05, 0.1) is 41.5 Å². The first kappa shape index (κ1) is 46.4. The van der Waals surface area contributed by atoms with Crippen molar-refractivity contribution in [2.45, 2.75) is 73.7 Å². The summed E-state index contributed by atoms with van der Waals surface area (Å²) in [5.41, 5.74) is 0.176. The number of esters is 4. The van der Waals surface area contributed by atoms with E-state index in [-0.39, 0.29) is 34.4 Å². The average Bonchev–Trinajstić information content (AvgIpc) is 3.63. The van der Waals surface area contributed by atoms with Crippen molar-refractivity contribution >= 4 is 47.5 Å². The summed E-state index contributed by atoms with van der Waals surface area (Å²) in [4.78, 5) is 86.6. The number of methoxy groups -OCH3 is 1. The zero-order valence-electron chi connectivity index (χ0n) is 36.6. The van der Waals surface area contributed by atoms with Crippen molar-refractivity contribution in [3.05, 3.63) is 179 Å². The number of ether oxygens (including phenoxy) is 9. The number of carbonyl (C=O) groups is 6. The summed E-state index contributed by atoms with van der Waals surface area (Å²) in [5.74, 6) is -4.72. The van der Waals surface area contributed by atoms with Gasteiger partial charge in [0.1, 0.15) is 29.8 Å². The minimum atomic E-state index is -1.91. The number of benzene rings is 5. The second-order valence-corrected chi connectivity index (χ2v) is 17.3. The second-order valence-electron chi connectivity index (χ2n) is 15.9. The molecule has 3 fully saturated rings. The smallest absolute Gasteiger partial charge is 0.339 e. The number of rotatable bonds is 13. The number of thioether (sulfide) groups is 1. The fraction of sp³-hybridized carbons (Fsp3) is 0.294. The molecule has 11 atom stereocenters. The third-order valence-corrected chi connectivity index (χ3v) is 12.9. The maximum Gasteiger partial charge on any atom is 0.339 e. The molecule has 0 N–H and O–H groups in total. The Labute approximate surface area is 394 Å². The number of imide groups is 1. The Kier molecular flexibility index (Phi) is 14.1. The van der Waals surface area contributed by atoms with E-state index < -0.39 is 102 Å². The quantitative estimate of drug-likeness (QED) is 0.0736. The van der Waals surface area contributed by atoms with Crippen LogP contribution in [0.2, 0.25) is 0 Å². The molecular formula is C51H45NO15S. The number of nitrogens with zero attached hydrogens (tertiary/aromatic N) is 1. The van der Waals surface area contributed by atoms with Gasteiger partial charge in [-0.15, -0.1) is 11.8 Å². The van der Waals surface area contributed by atoms with E-state index in [2.05, 4.69) is 0 Å². The molecule has 0 radical (unpaired) electrons. The van der Waals surface area contributed by atoms with Crippen molar-refractivity contribution in [3.63, 3.8) is 0 Å². The molecule has 4 aliphatic heterocycles. The Bertz CT molecular complexity index is 2590. The van der Waals surface area contributed by atoms with Gasteiger partial charge in [-0.3, -0.25) is 14.5 Å². The van der Waals surface area contributed by atoms with E-state index in [1.165, 1.54) is 48.2 Å². The van der Waals surface area contributed by atoms with Crippen molar-refractivity contribution < 1.29 is 71.4 Å². The van der Waals surface area contributed by atoms with Gasteiger partial charge in [-0.2, -0.15) is 0 Å². The average molecular weight is 944 g/mol. The van der Waals surface area contributed by atoms with Crippen molar-refractivity contribution in [1.82, 2.24) is 4.90 Å². The molecule has 16 nitrogen and oxygen atoms in total. The van der Waals surface area contributed by atoms with Crippen LogP contribution in [-0.2, 0) is 47.4 Å². The molecule has 0 bridgehead atoms. The van der Waals surface area contributed by atoms with Gasteiger partial charge < -0.3 is 42.6 Å². The number of amides is 2. The lowest BCUT2D eigenvalue weighted by Crippen LogP contribution is -2.70. The lowest BCUT2D eigenvalue weighted by Gasteiger charge is -2.52. The molecule has 9 rings (SSSR count). The zero-order chi connectivity index (χ0) is 47.3. The summed E-state index contributed by atoms with van der Waals surface area (Å²) >= 11 is 1.29. The maximum absolute atomic E-state index is 14.5. The van der Waals surface area contributed by atoms with Gasteiger partial charge in [0, 0.05) is 5.56 Å². The lowest BCUT2D eigenvalue weighted by atomic mass is 9.93. The summed E-state index contributed by atoms with van der Waals surface area (Å²) in [6.45, 7) is 1.85. The summed E-state index contributed by atoms with van der Waals surface area (Å²) in [6, 6.07) is 37.7. The molecule has 5 aromatic carbocycles. The van der Waals surface area contributed by atoms with Crippen LogP contribution in [0.5, 0.6) is 0 Å². The Morgan fingerprint density at radius 1 is 0.603 bits per heavy atom. The predicted molar refractivity (Wildman–Crippen MR) is 240 cm³/mol. The van der Waals surface area contributed by atoms with E-state index in [1.54, 1.807) is 103 Å². The molecule has 4 aliphatic rings. The molecule has 68 heavy (non-hydrogen) atoms. The summed E-state index contributed by atoms with van der Waals surface area (Å²) < 4.78 is 56.8. The highest BCUT2D eigenvalue weighted by molar-refractivity contribution is 7.99. The molecule has 3 saturated heterocycles. The predicted octanol–water partition coefficient (Wildman–Crippen LogP) is 6.20. The Morgan fingerprint density at radius 2 is 1.09 bits per heavy atom. The minimum Gasteiger partial charge on any atom is -0.467 e. The van der Waals surface area contributed by atoms with E-state index in [0.29, 0.717) is 11.3 Å². The molecule has 1 unspecified atom stereocenters. The van der Waals surface area contributed by atoms with Crippen LogP contribution in [0, 0.1) is 0 Å². The fourth-order valence-corrected chi connectivity index (χ4v) is 9.64.